The molecule has 4 heterocycles. The highest BCUT2D eigenvalue weighted by Gasteiger charge is 2.49. The lowest BCUT2D eigenvalue weighted by atomic mass is 9.75. The van der Waals surface area contributed by atoms with Crippen molar-refractivity contribution in [2.75, 3.05) is 19.7 Å². The lowest BCUT2D eigenvalue weighted by Crippen LogP contribution is -2.63. The van der Waals surface area contributed by atoms with Gasteiger partial charge in [0.15, 0.2) is 0 Å². The second kappa shape index (κ2) is 10.2. The molecule has 0 aromatic carbocycles. The van der Waals surface area contributed by atoms with E-state index in [0.717, 1.165) is 31.5 Å². The number of piperidine rings is 1. The van der Waals surface area contributed by atoms with E-state index in [1.165, 1.54) is 6.92 Å². The largest absolute Gasteiger partial charge is 0.483 e. The number of carbonyl (C=O) groups excluding carboxylic acids is 1. The van der Waals surface area contributed by atoms with Crippen LogP contribution in [0.25, 0.3) is 11.5 Å². The van der Waals surface area contributed by atoms with Gasteiger partial charge in [-0.3, -0.25) is 19.5 Å². The van der Waals surface area contributed by atoms with E-state index in [4.69, 9.17) is 19.1 Å². The summed E-state index contributed by atoms with van der Waals surface area (Å²) in [5, 5.41) is 28.8. The molecule has 3 N–H and O–H groups in total. The second-order valence-electron chi connectivity index (χ2n) is 8.41. The molecule has 0 saturated carbocycles. The topological polar surface area (TPSA) is 151 Å². The number of nitrogens with zero attached hydrogens (tertiary/aromatic N) is 4. The molecular formula is C21H29N5O6. The van der Waals surface area contributed by atoms with Crippen LogP contribution in [0.2, 0.25) is 0 Å². The van der Waals surface area contributed by atoms with E-state index in [1.807, 2.05) is 12.1 Å². The van der Waals surface area contributed by atoms with Crippen LogP contribution in [0.3, 0.4) is 0 Å². The monoisotopic (exact) mass is 447 g/mol. The summed E-state index contributed by atoms with van der Waals surface area (Å²) in [5.74, 6) is 0.884. The van der Waals surface area contributed by atoms with Crippen LogP contribution in [0, 0.1) is 0 Å². The van der Waals surface area contributed by atoms with E-state index >= 15 is 0 Å². The van der Waals surface area contributed by atoms with Crippen molar-refractivity contribution >= 4 is 12.4 Å². The van der Waals surface area contributed by atoms with E-state index in [2.05, 4.69) is 25.4 Å². The third-order valence-corrected chi connectivity index (χ3v) is 5.87. The van der Waals surface area contributed by atoms with Crippen LogP contribution in [-0.2, 0) is 20.9 Å². The Morgan fingerprint density at radius 2 is 2.09 bits per heavy atom. The van der Waals surface area contributed by atoms with Gasteiger partial charge < -0.3 is 24.7 Å². The van der Waals surface area contributed by atoms with Gasteiger partial charge in [0.25, 0.3) is 6.47 Å². The highest BCUT2D eigenvalue weighted by molar-refractivity contribution is 5.73. The molecule has 0 unspecified atom stereocenters. The van der Waals surface area contributed by atoms with Gasteiger partial charge in [-0.15, -0.1) is 10.2 Å². The Kier molecular flexibility index (Phi) is 7.54. The lowest BCUT2D eigenvalue weighted by Gasteiger charge is -2.51. The zero-order valence-electron chi connectivity index (χ0n) is 18.2. The van der Waals surface area contributed by atoms with Crippen LogP contribution in [0.15, 0.2) is 28.9 Å². The Morgan fingerprint density at radius 3 is 2.69 bits per heavy atom. The predicted molar refractivity (Wildman–Crippen MR) is 112 cm³/mol. The van der Waals surface area contributed by atoms with Crippen LogP contribution in [0.4, 0.5) is 0 Å². The smallest absolute Gasteiger partial charge is 0.290 e. The summed E-state index contributed by atoms with van der Waals surface area (Å²) < 4.78 is 11.9. The van der Waals surface area contributed by atoms with Gasteiger partial charge in [0.1, 0.15) is 0 Å². The molecule has 11 nitrogen and oxygen atoms in total. The molecule has 2 aliphatic rings. The lowest BCUT2D eigenvalue weighted by molar-refractivity contribution is -0.189. The summed E-state index contributed by atoms with van der Waals surface area (Å²) in [6.07, 6.45) is 5.51. The van der Waals surface area contributed by atoms with Crippen LogP contribution in [0.5, 0.6) is 0 Å². The zero-order valence-corrected chi connectivity index (χ0v) is 18.2. The highest BCUT2D eigenvalue weighted by atomic mass is 16.5. The maximum Gasteiger partial charge on any atom is 0.290 e. The van der Waals surface area contributed by atoms with Crippen LogP contribution < -0.4 is 5.32 Å². The van der Waals surface area contributed by atoms with E-state index in [0.29, 0.717) is 31.4 Å². The molecule has 0 bridgehead atoms. The number of rotatable bonds is 4. The summed E-state index contributed by atoms with van der Waals surface area (Å²) in [6.45, 7) is 5.51. The highest BCUT2D eigenvalue weighted by Crippen LogP contribution is 2.39. The maximum absolute atomic E-state index is 11.4. The van der Waals surface area contributed by atoms with Crippen molar-refractivity contribution in [2.24, 2.45) is 0 Å². The van der Waals surface area contributed by atoms with E-state index in [1.54, 1.807) is 19.3 Å². The number of hydrogen-bond acceptors (Lipinski definition) is 9. The van der Waals surface area contributed by atoms with Crippen LogP contribution >= 0.6 is 0 Å². The van der Waals surface area contributed by atoms with Crippen molar-refractivity contribution in [1.82, 2.24) is 25.4 Å². The van der Waals surface area contributed by atoms with Crippen molar-refractivity contribution in [1.29, 1.82) is 0 Å². The molecule has 2 atom stereocenters. The molecule has 2 aromatic heterocycles. The van der Waals surface area contributed by atoms with Gasteiger partial charge in [0.2, 0.25) is 17.7 Å². The second-order valence-corrected chi connectivity index (χ2v) is 8.41. The zero-order chi connectivity index (χ0) is 23.2. The minimum Gasteiger partial charge on any atom is -0.483 e. The number of pyridine rings is 1. The van der Waals surface area contributed by atoms with Gasteiger partial charge in [-0.25, -0.2) is 0 Å². The standard InChI is InChI=1S/C20H27N5O4.CH2O2/c1-14(26)22-16-12-28-20(13-19(16,2)27)5-8-25(9-6-20)11-17-23-24-18(29-17)15-4-3-7-21-10-15;2-1-3/h3-4,7,10,16,27H,5-6,8-9,11-13H2,1-2H3,(H,22,26);1H,(H,2,3)/t16-,19-;/m0./s1. The molecule has 0 radical (unpaired) electrons. The Labute approximate surface area is 185 Å². The van der Waals surface area contributed by atoms with Crippen molar-refractivity contribution in [3.8, 4) is 11.5 Å². The van der Waals surface area contributed by atoms with Crippen LogP contribution in [0.1, 0.15) is 39.0 Å². The normalized spacial score (nSPS) is 24.9. The summed E-state index contributed by atoms with van der Waals surface area (Å²) in [6, 6.07) is 3.34. The average molecular weight is 447 g/mol. The maximum atomic E-state index is 11.4. The fraction of sp³-hybridized carbons (Fsp3) is 0.571. The third kappa shape index (κ3) is 5.87. The van der Waals surface area contributed by atoms with Gasteiger partial charge in [-0.05, 0) is 31.9 Å². The number of carbonyl (C=O) groups is 2. The molecule has 11 heteroatoms. The SMILES string of the molecule is CC(=O)N[C@H]1COC2(CCN(Cc3nnc(-c4cccnc4)o3)CC2)C[C@]1(C)O.O=CO. The number of aliphatic hydroxyl groups is 1. The van der Waals surface area contributed by atoms with Crippen molar-refractivity contribution in [3.63, 3.8) is 0 Å². The Hall–Kier alpha value is -2.89. The molecule has 2 saturated heterocycles. The van der Waals surface area contributed by atoms with Crippen molar-refractivity contribution in [3.05, 3.63) is 30.4 Å². The first-order valence-corrected chi connectivity index (χ1v) is 10.4. The van der Waals surface area contributed by atoms with Gasteiger partial charge in [0.05, 0.1) is 36.0 Å². The number of likely N-dealkylation sites (tertiary alicyclic amines) is 1. The summed E-state index contributed by atoms with van der Waals surface area (Å²) in [7, 11) is 0. The molecule has 2 aliphatic heterocycles. The van der Waals surface area contributed by atoms with Gasteiger partial charge in [0, 0.05) is 38.8 Å². The van der Waals surface area contributed by atoms with E-state index < -0.39 is 5.60 Å². The number of aromatic nitrogens is 3. The number of amides is 1. The fourth-order valence-corrected chi connectivity index (χ4v) is 4.26. The fourth-order valence-electron chi connectivity index (χ4n) is 4.26. The van der Waals surface area contributed by atoms with Gasteiger partial charge in [-0.2, -0.15) is 0 Å². The van der Waals surface area contributed by atoms with Crippen molar-refractivity contribution in [2.45, 2.75) is 56.9 Å². The summed E-state index contributed by atoms with van der Waals surface area (Å²) >= 11 is 0. The average Bonchev–Trinajstić information content (AvgIpc) is 3.21. The minimum atomic E-state index is -0.989. The number of carboxylic acid groups (broad SMARTS) is 1. The quantitative estimate of drug-likeness (QED) is 0.575. The number of nitrogens with one attached hydrogen (secondary N) is 1. The van der Waals surface area contributed by atoms with Crippen molar-refractivity contribution < 1.29 is 29.0 Å². The minimum absolute atomic E-state index is 0.158. The van der Waals surface area contributed by atoms with E-state index in [-0.39, 0.29) is 24.0 Å². The molecule has 174 valence electrons. The molecule has 2 fully saturated rings. The Bertz CT molecular complexity index is 895. The van der Waals surface area contributed by atoms with Crippen LogP contribution in [-0.4, -0.2) is 79.6 Å². The molecule has 1 amide bonds. The van der Waals surface area contributed by atoms with Gasteiger partial charge >= 0.3 is 0 Å². The first-order chi connectivity index (χ1) is 15.3. The molecule has 32 heavy (non-hydrogen) atoms. The predicted octanol–water partition coefficient (Wildman–Crippen LogP) is 0.843. The molecule has 4 rings (SSSR count). The molecule has 0 aliphatic carbocycles. The number of ether oxygens (including phenoxy) is 1. The summed E-state index contributed by atoms with van der Waals surface area (Å²) in [4.78, 5) is 26.1. The first kappa shape index (κ1) is 23.8. The van der Waals surface area contributed by atoms with E-state index in [9.17, 15) is 9.90 Å². The Morgan fingerprint density at radius 1 is 1.38 bits per heavy atom. The number of hydrogen-bond donors (Lipinski definition) is 3. The molecule has 2 aromatic rings. The Balaban J connectivity index is 0.000000913. The summed E-state index contributed by atoms with van der Waals surface area (Å²) in [5.41, 5.74) is -0.544. The molecular weight excluding hydrogens is 418 g/mol. The van der Waals surface area contributed by atoms with Gasteiger partial charge in [-0.1, -0.05) is 0 Å². The third-order valence-electron chi connectivity index (χ3n) is 5.87. The first-order valence-electron chi connectivity index (χ1n) is 10.4. The molecule has 1 spiro atoms.